The van der Waals surface area contributed by atoms with Gasteiger partial charge in [0.1, 0.15) is 10.8 Å². The summed E-state index contributed by atoms with van der Waals surface area (Å²) in [6, 6.07) is 2.29. The molecule has 2 aliphatic heterocycles. The first-order valence-electron chi connectivity index (χ1n) is 10.9. The van der Waals surface area contributed by atoms with E-state index in [0.717, 1.165) is 30.4 Å². The fraction of sp³-hybridized carbons (Fsp3) is 0.545. The van der Waals surface area contributed by atoms with Crippen LogP contribution in [0.15, 0.2) is 18.2 Å². The SMILES string of the molecule is COc1ccc([C@@H]2C[C@@H](C(F)(F)F)n3nc(C(=O)N4CCCCCC4)c(Cl)c3N2)cc1OC. The molecule has 3 heterocycles. The van der Waals surface area contributed by atoms with E-state index < -0.39 is 24.2 Å². The van der Waals surface area contributed by atoms with Crippen LogP contribution in [0.3, 0.4) is 0 Å². The normalized spacial score (nSPS) is 21.1. The first kappa shape index (κ1) is 23.5. The van der Waals surface area contributed by atoms with Gasteiger partial charge in [0.2, 0.25) is 0 Å². The molecule has 180 valence electrons. The van der Waals surface area contributed by atoms with Crippen molar-refractivity contribution in [1.82, 2.24) is 14.7 Å². The van der Waals surface area contributed by atoms with Gasteiger partial charge in [-0.15, -0.1) is 0 Å². The van der Waals surface area contributed by atoms with Crippen LogP contribution in [0.4, 0.5) is 19.0 Å². The Morgan fingerprint density at radius 1 is 1.12 bits per heavy atom. The van der Waals surface area contributed by atoms with E-state index in [2.05, 4.69) is 10.4 Å². The highest BCUT2D eigenvalue weighted by Crippen LogP contribution is 2.47. The second-order valence-electron chi connectivity index (χ2n) is 8.27. The number of carbonyl (C=O) groups excluding carboxylic acids is 1. The number of halogens is 4. The molecule has 1 N–H and O–H groups in total. The average Bonchev–Trinajstić information content (AvgIpc) is 2.96. The Morgan fingerprint density at radius 2 is 1.79 bits per heavy atom. The molecule has 33 heavy (non-hydrogen) atoms. The fourth-order valence-corrected chi connectivity index (χ4v) is 4.70. The van der Waals surface area contributed by atoms with Crippen LogP contribution in [0.2, 0.25) is 5.02 Å². The molecular formula is C22H26ClF3N4O3. The minimum atomic E-state index is -4.58. The van der Waals surface area contributed by atoms with Crippen molar-refractivity contribution in [3.8, 4) is 11.5 Å². The summed E-state index contributed by atoms with van der Waals surface area (Å²) in [6.07, 6.45) is -1.17. The van der Waals surface area contributed by atoms with E-state index in [4.69, 9.17) is 21.1 Å². The number of alkyl halides is 3. The number of amides is 1. The van der Waals surface area contributed by atoms with E-state index in [-0.39, 0.29) is 23.0 Å². The van der Waals surface area contributed by atoms with Gasteiger partial charge in [0, 0.05) is 19.5 Å². The van der Waals surface area contributed by atoms with Gasteiger partial charge in [-0.3, -0.25) is 4.79 Å². The molecule has 7 nitrogen and oxygen atoms in total. The Labute approximate surface area is 194 Å². The minimum Gasteiger partial charge on any atom is -0.493 e. The molecule has 4 rings (SSSR count). The third-order valence-electron chi connectivity index (χ3n) is 6.20. The van der Waals surface area contributed by atoms with Gasteiger partial charge >= 0.3 is 6.18 Å². The lowest BCUT2D eigenvalue weighted by molar-refractivity contribution is -0.173. The highest BCUT2D eigenvalue weighted by molar-refractivity contribution is 6.36. The number of hydrogen-bond acceptors (Lipinski definition) is 5. The maximum absolute atomic E-state index is 14.1. The van der Waals surface area contributed by atoms with E-state index >= 15 is 0 Å². The molecule has 0 saturated carbocycles. The lowest BCUT2D eigenvalue weighted by Gasteiger charge is -2.33. The standard InChI is InChI=1S/C22H26ClF3N4O3/c1-32-15-8-7-13(11-16(15)33-2)14-12-17(22(24,25)26)30-20(27-14)18(23)19(28-30)21(31)29-9-5-3-4-6-10-29/h7-8,11,14,17,27H,3-6,9-10,12H2,1-2H3/t14-,17-/m0/s1. The smallest absolute Gasteiger partial charge is 0.410 e. The second-order valence-corrected chi connectivity index (χ2v) is 8.64. The van der Waals surface area contributed by atoms with Crippen LogP contribution >= 0.6 is 11.6 Å². The van der Waals surface area contributed by atoms with Crippen LogP contribution in [0.5, 0.6) is 11.5 Å². The highest BCUT2D eigenvalue weighted by atomic mass is 35.5. The lowest BCUT2D eigenvalue weighted by Crippen LogP contribution is -2.36. The van der Waals surface area contributed by atoms with E-state index in [0.29, 0.717) is 30.2 Å². The summed E-state index contributed by atoms with van der Waals surface area (Å²) in [5, 5.41) is 7.03. The molecule has 0 bridgehead atoms. The third kappa shape index (κ3) is 4.58. The Hall–Kier alpha value is -2.62. The third-order valence-corrected chi connectivity index (χ3v) is 6.56. The first-order valence-corrected chi connectivity index (χ1v) is 11.2. The monoisotopic (exact) mass is 486 g/mol. The number of nitrogens with zero attached hydrogens (tertiary/aromatic N) is 3. The van der Waals surface area contributed by atoms with Crippen molar-refractivity contribution in [3.63, 3.8) is 0 Å². The quantitative estimate of drug-likeness (QED) is 0.641. The van der Waals surface area contributed by atoms with Crippen LogP contribution in [0.25, 0.3) is 0 Å². The van der Waals surface area contributed by atoms with Crippen molar-refractivity contribution < 1.29 is 27.4 Å². The van der Waals surface area contributed by atoms with Crippen molar-refractivity contribution >= 4 is 23.3 Å². The number of nitrogens with one attached hydrogen (secondary N) is 1. The summed E-state index contributed by atoms with van der Waals surface area (Å²) in [5.74, 6) is 0.429. The zero-order valence-electron chi connectivity index (χ0n) is 18.4. The van der Waals surface area contributed by atoms with E-state index in [1.807, 2.05) is 0 Å². The molecule has 1 aromatic carbocycles. The van der Waals surface area contributed by atoms with Crippen LogP contribution in [0, 0.1) is 0 Å². The number of methoxy groups -OCH3 is 2. The zero-order chi connectivity index (χ0) is 23.8. The number of likely N-dealkylation sites (tertiary alicyclic amines) is 1. The Kier molecular flexibility index (Phi) is 6.65. The van der Waals surface area contributed by atoms with Gasteiger partial charge in [-0.25, -0.2) is 4.68 Å². The van der Waals surface area contributed by atoms with Gasteiger partial charge in [-0.2, -0.15) is 18.3 Å². The number of aromatic nitrogens is 2. The molecule has 0 unspecified atom stereocenters. The van der Waals surface area contributed by atoms with Crippen LogP contribution < -0.4 is 14.8 Å². The maximum Gasteiger partial charge on any atom is 0.410 e. The van der Waals surface area contributed by atoms with Crippen molar-refractivity contribution in [2.45, 2.75) is 50.4 Å². The zero-order valence-corrected chi connectivity index (χ0v) is 19.2. The number of ether oxygens (including phenoxy) is 2. The molecule has 1 fully saturated rings. The number of benzene rings is 1. The summed E-state index contributed by atoms with van der Waals surface area (Å²) in [6.45, 7) is 1.09. The van der Waals surface area contributed by atoms with Gasteiger partial charge in [-0.1, -0.05) is 30.5 Å². The van der Waals surface area contributed by atoms with Gasteiger partial charge in [0.05, 0.1) is 20.3 Å². The molecule has 0 aliphatic carbocycles. The summed E-state index contributed by atoms with van der Waals surface area (Å²) < 4.78 is 53.5. The summed E-state index contributed by atoms with van der Waals surface area (Å²) >= 11 is 6.47. The number of fused-ring (bicyclic) bond motifs is 1. The number of rotatable bonds is 4. The second kappa shape index (κ2) is 9.32. The number of anilines is 1. The Morgan fingerprint density at radius 3 is 2.39 bits per heavy atom. The van der Waals surface area contributed by atoms with Crippen molar-refractivity contribution in [3.05, 3.63) is 34.5 Å². The van der Waals surface area contributed by atoms with Crippen LogP contribution in [0.1, 0.15) is 60.2 Å². The van der Waals surface area contributed by atoms with Crippen molar-refractivity contribution in [2.75, 3.05) is 32.6 Å². The summed E-state index contributed by atoms with van der Waals surface area (Å²) in [4.78, 5) is 14.7. The van der Waals surface area contributed by atoms with Gasteiger partial charge in [-0.05, 0) is 30.5 Å². The first-order chi connectivity index (χ1) is 15.7. The molecule has 1 aromatic heterocycles. The van der Waals surface area contributed by atoms with Gasteiger partial charge < -0.3 is 19.7 Å². The summed E-state index contributed by atoms with van der Waals surface area (Å²) in [5.41, 5.74) is 0.425. The molecule has 1 saturated heterocycles. The molecular weight excluding hydrogens is 461 g/mol. The molecule has 11 heteroatoms. The number of carbonyl (C=O) groups is 1. The minimum absolute atomic E-state index is 0.0109. The molecule has 0 radical (unpaired) electrons. The molecule has 1 amide bonds. The molecule has 2 atom stereocenters. The predicted octanol–water partition coefficient (Wildman–Crippen LogP) is 5.23. The van der Waals surface area contributed by atoms with Crippen LogP contribution in [-0.2, 0) is 0 Å². The highest BCUT2D eigenvalue weighted by Gasteiger charge is 2.48. The van der Waals surface area contributed by atoms with Crippen LogP contribution in [-0.4, -0.2) is 54.1 Å². The van der Waals surface area contributed by atoms with E-state index in [1.54, 1.807) is 23.1 Å². The Bertz CT molecular complexity index is 1020. The fourth-order valence-electron chi connectivity index (χ4n) is 4.44. The van der Waals surface area contributed by atoms with Crippen molar-refractivity contribution in [1.29, 1.82) is 0 Å². The Balaban J connectivity index is 1.71. The van der Waals surface area contributed by atoms with Crippen molar-refractivity contribution in [2.24, 2.45) is 0 Å². The van der Waals surface area contributed by atoms with Gasteiger partial charge in [0.25, 0.3) is 5.91 Å². The lowest BCUT2D eigenvalue weighted by atomic mass is 9.96. The van der Waals surface area contributed by atoms with Gasteiger partial charge in [0.15, 0.2) is 23.2 Å². The summed E-state index contributed by atoms with van der Waals surface area (Å²) in [7, 11) is 2.94. The topological polar surface area (TPSA) is 68.6 Å². The average molecular weight is 487 g/mol. The molecule has 2 aromatic rings. The van der Waals surface area contributed by atoms with E-state index in [1.165, 1.54) is 14.2 Å². The van der Waals surface area contributed by atoms with E-state index in [9.17, 15) is 18.0 Å². The molecule has 0 spiro atoms. The largest absolute Gasteiger partial charge is 0.493 e. The maximum atomic E-state index is 14.1. The predicted molar refractivity (Wildman–Crippen MR) is 117 cm³/mol. The number of hydrogen-bond donors (Lipinski definition) is 1. The molecule has 2 aliphatic rings.